The molecule has 2 heteroatoms. The van der Waals surface area contributed by atoms with E-state index in [1.54, 1.807) is 0 Å². The van der Waals surface area contributed by atoms with E-state index in [9.17, 15) is 0 Å². The minimum atomic E-state index is 0.156. The monoisotopic (exact) mass is 235 g/mol. The summed E-state index contributed by atoms with van der Waals surface area (Å²) in [6.07, 6.45) is 0.961. The van der Waals surface area contributed by atoms with Gasteiger partial charge >= 0.3 is 0 Å². The molecule has 0 aliphatic carbocycles. The third kappa shape index (κ3) is 4.88. The van der Waals surface area contributed by atoms with Gasteiger partial charge in [0.05, 0.1) is 13.2 Å². The quantitative estimate of drug-likeness (QED) is 0.850. The number of hydrogen-bond acceptors (Lipinski definition) is 2. The molecule has 2 nitrogen and oxygen atoms in total. The molecule has 1 atom stereocenters. The number of ether oxygens (including phenoxy) is 1. The Morgan fingerprint density at radius 1 is 1.18 bits per heavy atom. The zero-order valence-corrected chi connectivity index (χ0v) is 11.5. The van der Waals surface area contributed by atoms with Crippen LogP contribution in [0.3, 0.4) is 0 Å². The molecule has 0 aromatic heterocycles. The van der Waals surface area contributed by atoms with Crippen molar-refractivity contribution in [2.24, 2.45) is 5.73 Å². The molecular formula is C15H25NO. The lowest BCUT2D eigenvalue weighted by Gasteiger charge is -2.19. The summed E-state index contributed by atoms with van der Waals surface area (Å²) in [7, 11) is 0. The van der Waals surface area contributed by atoms with Crippen LogP contribution in [0.2, 0.25) is 0 Å². The van der Waals surface area contributed by atoms with Crippen molar-refractivity contribution in [3.8, 4) is 0 Å². The summed E-state index contributed by atoms with van der Waals surface area (Å²) in [5, 5.41) is 0. The number of benzene rings is 1. The van der Waals surface area contributed by atoms with Crippen LogP contribution in [0.25, 0.3) is 0 Å². The van der Waals surface area contributed by atoms with Crippen LogP contribution in [0.15, 0.2) is 24.3 Å². The Hall–Kier alpha value is -0.860. The Labute approximate surface area is 105 Å². The molecule has 1 aromatic carbocycles. The predicted molar refractivity (Wildman–Crippen MR) is 73.1 cm³/mol. The first kappa shape index (κ1) is 14.2. The Bertz CT molecular complexity index is 324. The highest BCUT2D eigenvalue weighted by atomic mass is 16.5. The Morgan fingerprint density at radius 2 is 1.76 bits per heavy atom. The van der Waals surface area contributed by atoms with Crippen LogP contribution >= 0.6 is 0 Å². The van der Waals surface area contributed by atoms with Gasteiger partial charge in [0.2, 0.25) is 0 Å². The third-order valence-corrected chi connectivity index (χ3v) is 2.94. The van der Waals surface area contributed by atoms with E-state index in [0.717, 1.165) is 6.42 Å². The van der Waals surface area contributed by atoms with E-state index in [-0.39, 0.29) is 11.5 Å². The van der Waals surface area contributed by atoms with E-state index >= 15 is 0 Å². The van der Waals surface area contributed by atoms with Crippen molar-refractivity contribution in [3.05, 3.63) is 35.4 Å². The fourth-order valence-corrected chi connectivity index (χ4v) is 1.55. The molecule has 0 aliphatic heterocycles. The topological polar surface area (TPSA) is 35.2 Å². The molecule has 1 rings (SSSR count). The second kappa shape index (κ2) is 6.18. The molecule has 0 saturated carbocycles. The molecular weight excluding hydrogens is 210 g/mol. The molecule has 0 fully saturated rings. The van der Waals surface area contributed by atoms with Crippen LogP contribution in [0.1, 0.15) is 45.2 Å². The minimum absolute atomic E-state index is 0.156. The van der Waals surface area contributed by atoms with Crippen molar-refractivity contribution in [1.29, 1.82) is 0 Å². The van der Waals surface area contributed by atoms with Gasteiger partial charge in [-0.15, -0.1) is 0 Å². The molecule has 0 unspecified atom stereocenters. The molecule has 0 aliphatic rings. The molecule has 0 bridgehead atoms. The van der Waals surface area contributed by atoms with Crippen molar-refractivity contribution >= 4 is 0 Å². The summed E-state index contributed by atoms with van der Waals surface area (Å²) >= 11 is 0. The summed E-state index contributed by atoms with van der Waals surface area (Å²) in [6, 6.07) is 8.79. The SMILES string of the molecule is CC[C@H](N)COCc1ccc(C(C)(C)C)cc1. The maximum absolute atomic E-state index is 5.79. The van der Waals surface area contributed by atoms with Gasteiger partial charge in [0.1, 0.15) is 0 Å². The lowest BCUT2D eigenvalue weighted by molar-refractivity contribution is 0.107. The van der Waals surface area contributed by atoms with Crippen LogP contribution in [-0.2, 0) is 16.8 Å². The van der Waals surface area contributed by atoms with Crippen molar-refractivity contribution in [1.82, 2.24) is 0 Å². The van der Waals surface area contributed by atoms with E-state index in [2.05, 4.69) is 52.0 Å². The second-order valence-electron chi connectivity index (χ2n) is 5.63. The lowest BCUT2D eigenvalue weighted by atomic mass is 9.87. The van der Waals surface area contributed by atoms with Crippen LogP contribution in [0.5, 0.6) is 0 Å². The molecule has 0 amide bonds. The fourth-order valence-electron chi connectivity index (χ4n) is 1.55. The first-order valence-corrected chi connectivity index (χ1v) is 6.36. The molecule has 0 saturated heterocycles. The highest BCUT2D eigenvalue weighted by molar-refractivity contribution is 5.27. The zero-order chi connectivity index (χ0) is 12.9. The average molecular weight is 235 g/mol. The van der Waals surface area contributed by atoms with Gasteiger partial charge < -0.3 is 10.5 Å². The molecule has 0 radical (unpaired) electrons. The van der Waals surface area contributed by atoms with Crippen molar-refractivity contribution in [2.45, 2.75) is 52.2 Å². The molecule has 2 N–H and O–H groups in total. The van der Waals surface area contributed by atoms with Crippen molar-refractivity contribution in [3.63, 3.8) is 0 Å². The average Bonchev–Trinajstić information content (AvgIpc) is 2.28. The van der Waals surface area contributed by atoms with Gasteiger partial charge in [0.25, 0.3) is 0 Å². The Morgan fingerprint density at radius 3 is 2.24 bits per heavy atom. The number of hydrogen-bond donors (Lipinski definition) is 1. The van der Waals surface area contributed by atoms with E-state index in [4.69, 9.17) is 10.5 Å². The summed E-state index contributed by atoms with van der Waals surface area (Å²) in [5.41, 5.74) is 8.57. The highest BCUT2D eigenvalue weighted by Crippen LogP contribution is 2.22. The van der Waals surface area contributed by atoms with Crippen LogP contribution < -0.4 is 5.73 Å². The molecule has 0 heterocycles. The van der Waals surface area contributed by atoms with Gasteiger partial charge in [-0.2, -0.15) is 0 Å². The van der Waals surface area contributed by atoms with Gasteiger partial charge in [-0.3, -0.25) is 0 Å². The normalized spacial score (nSPS) is 13.7. The third-order valence-electron chi connectivity index (χ3n) is 2.94. The second-order valence-corrected chi connectivity index (χ2v) is 5.63. The van der Waals surface area contributed by atoms with Gasteiger partial charge in [-0.1, -0.05) is 52.0 Å². The Balaban J connectivity index is 2.46. The summed E-state index contributed by atoms with van der Waals surface area (Å²) in [4.78, 5) is 0. The van der Waals surface area contributed by atoms with E-state index in [1.807, 2.05) is 0 Å². The molecule has 96 valence electrons. The van der Waals surface area contributed by atoms with Gasteiger partial charge in [0, 0.05) is 6.04 Å². The maximum Gasteiger partial charge on any atom is 0.0717 e. The minimum Gasteiger partial charge on any atom is -0.375 e. The zero-order valence-electron chi connectivity index (χ0n) is 11.5. The summed E-state index contributed by atoms with van der Waals surface area (Å²) < 4.78 is 5.57. The van der Waals surface area contributed by atoms with Gasteiger partial charge in [0.15, 0.2) is 0 Å². The maximum atomic E-state index is 5.79. The largest absolute Gasteiger partial charge is 0.375 e. The van der Waals surface area contributed by atoms with Crippen molar-refractivity contribution < 1.29 is 4.74 Å². The lowest BCUT2D eigenvalue weighted by Crippen LogP contribution is -2.24. The first-order chi connectivity index (χ1) is 7.93. The summed E-state index contributed by atoms with van der Waals surface area (Å²) in [5.74, 6) is 0. The Kier molecular flexibility index (Phi) is 5.16. The highest BCUT2D eigenvalue weighted by Gasteiger charge is 2.12. The smallest absolute Gasteiger partial charge is 0.0717 e. The van der Waals surface area contributed by atoms with Gasteiger partial charge in [-0.05, 0) is 23.0 Å². The summed E-state index contributed by atoms with van der Waals surface area (Å²) in [6.45, 7) is 10.0. The predicted octanol–water partition coefficient (Wildman–Crippen LogP) is 3.24. The van der Waals surface area contributed by atoms with Crippen LogP contribution in [0.4, 0.5) is 0 Å². The van der Waals surface area contributed by atoms with Crippen LogP contribution in [0, 0.1) is 0 Å². The van der Waals surface area contributed by atoms with Gasteiger partial charge in [-0.25, -0.2) is 0 Å². The van der Waals surface area contributed by atoms with E-state index in [0.29, 0.717) is 13.2 Å². The molecule has 1 aromatic rings. The fraction of sp³-hybridized carbons (Fsp3) is 0.600. The number of nitrogens with two attached hydrogens (primary N) is 1. The first-order valence-electron chi connectivity index (χ1n) is 6.36. The van der Waals surface area contributed by atoms with E-state index < -0.39 is 0 Å². The molecule has 0 spiro atoms. The van der Waals surface area contributed by atoms with Crippen LogP contribution in [-0.4, -0.2) is 12.6 Å². The molecule has 17 heavy (non-hydrogen) atoms. The van der Waals surface area contributed by atoms with E-state index in [1.165, 1.54) is 11.1 Å². The number of rotatable bonds is 5. The standard InChI is InChI=1S/C15H25NO/c1-5-14(16)11-17-10-12-6-8-13(9-7-12)15(2,3)4/h6-9,14H,5,10-11,16H2,1-4H3/t14-/m0/s1. The van der Waals surface area contributed by atoms with Crippen molar-refractivity contribution in [2.75, 3.05) is 6.61 Å².